The highest BCUT2D eigenvalue weighted by atomic mass is 32.1. The van der Waals surface area contributed by atoms with Gasteiger partial charge in [0.2, 0.25) is 5.91 Å². The second-order valence-corrected chi connectivity index (χ2v) is 6.62. The number of carbonyl (C=O) groups is 1. The molecule has 3 nitrogen and oxygen atoms in total. The topological polar surface area (TPSA) is 41.1 Å². The molecule has 0 saturated heterocycles. The van der Waals surface area contributed by atoms with Crippen molar-refractivity contribution >= 4 is 17.2 Å². The lowest BCUT2D eigenvalue weighted by Gasteiger charge is -2.24. The maximum absolute atomic E-state index is 11.8. The standard InChI is InChI=1S/C15H24N2OS/c1-11(2)17-14(18)10-16-15(12-6-3-4-7-12)13-8-5-9-19-13/h5,8-9,11-12,15-16H,3-4,6-7,10H2,1-2H3,(H,17,18)/t15-/m0/s1. The van der Waals surface area contributed by atoms with Crippen molar-refractivity contribution in [3.05, 3.63) is 22.4 Å². The van der Waals surface area contributed by atoms with Gasteiger partial charge in [0.15, 0.2) is 0 Å². The summed E-state index contributed by atoms with van der Waals surface area (Å²) in [6.45, 7) is 4.40. The lowest BCUT2D eigenvalue weighted by Crippen LogP contribution is -2.40. The molecule has 0 aliphatic heterocycles. The Hall–Kier alpha value is -0.870. The van der Waals surface area contributed by atoms with E-state index in [4.69, 9.17) is 0 Å². The number of rotatable bonds is 6. The first kappa shape index (κ1) is 14.5. The van der Waals surface area contributed by atoms with E-state index in [1.54, 1.807) is 11.3 Å². The molecule has 2 rings (SSSR count). The van der Waals surface area contributed by atoms with E-state index in [0.29, 0.717) is 18.5 Å². The van der Waals surface area contributed by atoms with Crippen LogP contribution in [0.4, 0.5) is 0 Å². The lowest BCUT2D eigenvalue weighted by atomic mass is 9.96. The molecule has 1 atom stereocenters. The van der Waals surface area contributed by atoms with Crippen LogP contribution >= 0.6 is 11.3 Å². The lowest BCUT2D eigenvalue weighted by molar-refractivity contribution is -0.120. The van der Waals surface area contributed by atoms with Gasteiger partial charge in [0, 0.05) is 17.0 Å². The summed E-state index contributed by atoms with van der Waals surface area (Å²) in [7, 11) is 0. The molecule has 1 aromatic heterocycles. The molecule has 0 radical (unpaired) electrons. The Kier molecular flexibility index (Phi) is 5.40. The first-order valence-corrected chi connectivity index (χ1v) is 8.11. The van der Waals surface area contributed by atoms with Crippen LogP contribution in [0.1, 0.15) is 50.4 Å². The molecule has 2 N–H and O–H groups in total. The zero-order valence-electron chi connectivity index (χ0n) is 11.8. The van der Waals surface area contributed by atoms with Gasteiger partial charge in [-0.15, -0.1) is 11.3 Å². The van der Waals surface area contributed by atoms with Crippen molar-refractivity contribution in [1.82, 2.24) is 10.6 Å². The summed E-state index contributed by atoms with van der Waals surface area (Å²) in [5.74, 6) is 0.778. The second-order valence-electron chi connectivity index (χ2n) is 5.64. The highest BCUT2D eigenvalue weighted by molar-refractivity contribution is 7.10. The number of hydrogen-bond acceptors (Lipinski definition) is 3. The van der Waals surface area contributed by atoms with Gasteiger partial charge in [0.1, 0.15) is 0 Å². The SMILES string of the molecule is CC(C)NC(=O)CN[C@H](c1cccs1)C1CCCC1. The van der Waals surface area contributed by atoms with Crippen LogP contribution in [0.15, 0.2) is 17.5 Å². The fraction of sp³-hybridized carbons (Fsp3) is 0.667. The zero-order chi connectivity index (χ0) is 13.7. The molecule has 1 fully saturated rings. The first-order chi connectivity index (χ1) is 9.16. The Balaban J connectivity index is 1.92. The normalized spacial score (nSPS) is 17.8. The second kappa shape index (κ2) is 7.06. The van der Waals surface area contributed by atoms with Gasteiger partial charge in [0.05, 0.1) is 6.54 Å². The van der Waals surface area contributed by atoms with Crippen LogP contribution < -0.4 is 10.6 Å². The largest absolute Gasteiger partial charge is 0.353 e. The molecule has 1 aromatic rings. The molecule has 4 heteroatoms. The summed E-state index contributed by atoms with van der Waals surface area (Å²) in [5, 5.41) is 8.52. The quantitative estimate of drug-likeness (QED) is 0.840. The molecule has 1 heterocycles. The van der Waals surface area contributed by atoms with Gasteiger partial charge in [-0.3, -0.25) is 4.79 Å². The van der Waals surface area contributed by atoms with Crippen molar-refractivity contribution in [1.29, 1.82) is 0 Å². The Morgan fingerprint density at radius 2 is 2.16 bits per heavy atom. The van der Waals surface area contributed by atoms with E-state index in [-0.39, 0.29) is 11.9 Å². The van der Waals surface area contributed by atoms with Crippen LogP contribution in [0.2, 0.25) is 0 Å². The van der Waals surface area contributed by atoms with Crippen molar-refractivity contribution in [2.45, 2.75) is 51.6 Å². The van der Waals surface area contributed by atoms with Crippen LogP contribution in [0, 0.1) is 5.92 Å². The minimum Gasteiger partial charge on any atom is -0.353 e. The zero-order valence-corrected chi connectivity index (χ0v) is 12.6. The Morgan fingerprint density at radius 3 is 2.74 bits per heavy atom. The maximum Gasteiger partial charge on any atom is 0.234 e. The van der Waals surface area contributed by atoms with Crippen LogP contribution in [0.25, 0.3) is 0 Å². The predicted molar refractivity (Wildman–Crippen MR) is 80.3 cm³/mol. The smallest absolute Gasteiger partial charge is 0.234 e. The summed E-state index contributed by atoms with van der Waals surface area (Å²) in [6, 6.07) is 4.83. The number of hydrogen-bond donors (Lipinski definition) is 2. The summed E-state index contributed by atoms with van der Waals surface area (Å²) in [4.78, 5) is 13.1. The third-order valence-electron chi connectivity index (χ3n) is 3.65. The average Bonchev–Trinajstić information content (AvgIpc) is 3.00. The summed E-state index contributed by atoms with van der Waals surface area (Å²) < 4.78 is 0. The van der Waals surface area contributed by atoms with E-state index in [0.717, 1.165) is 0 Å². The highest BCUT2D eigenvalue weighted by Crippen LogP contribution is 2.37. The molecule has 106 valence electrons. The summed E-state index contributed by atoms with van der Waals surface area (Å²) >= 11 is 1.79. The summed E-state index contributed by atoms with van der Waals surface area (Å²) in [5.41, 5.74) is 0. The molecule has 1 amide bonds. The third-order valence-corrected chi connectivity index (χ3v) is 4.61. The Morgan fingerprint density at radius 1 is 1.42 bits per heavy atom. The van der Waals surface area contributed by atoms with E-state index in [1.807, 2.05) is 13.8 Å². The fourth-order valence-electron chi connectivity index (χ4n) is 2.83. The van der Waals surface area contributed by atoms with Crippen molar-refractivity contribution in [2.24, 2.45) is 5.92 Å². The predicted octanol–water partition coefficient (Wildman–Crippen LogP) is 3.09. The van der Waals surface area contributed by atoms with Crippen molar-refractivity contribution in [3.63, 3.8) is 0 Å². The minimum atomic E-state index is 0.0922. The van der Waals surface area contributed by atoms with Crippen LogP contribution in [0.5, 0.6) is 0 Å². The van der Waals surface area contributed by atoms with Gasteiger partial charge in [0.25, 0.3) is 0 Å². The molecule has 0 spiro atoms. The Labute approximate surface area is 119 Å². The monoisotopic (exact) mass is 280 g/mol. The molecule has 0 aromatic carbocycles. The van der Waals surface area contributed by atoms with E-state index < -0.39 is 0 Å². The molecule has 1 aliphatic carbocycles. The van der Waals surface area contributed by atoms with Crippen LogP contribution in [0.3, 0.4) is 0 Å². The van der Waals surface area contributed by atoms with E-state index >= 15 is 0 Å². The molecule has 1 aliphatic rings. The van der Waals surface area contributed by atoms with Gasteiger partial charge in [-0.25, -0.2) is 0 Å². The summed E-state index contributed by atoms with van der Waals surface area (Å²) in [6.07, 6.45) is 5.21. The van der Waals surface area contributed by atoms with Crippen LogP contribution in [-0.2, 0) is 4.79 Å². The molecular weight excluding hydrogens is 256 g/mol. The molecule has 0 unspecified atom stereocenters. The van der Waals surface area contributed by atoms with Gasteiger partial charge in [-0.2, -0.15) is 0 Å². The maximum atomic E-state index is 11.8. The molecule has 19 heavy (non-hydrogen) atoms. The van der Waals surface area contributed by atoms with Crippen molar-refractivity contribution < 1.29 is 4.79 Å². The minimum absolute atomic E-state index is 0.0922. The first-order valence-electron chi connectivity index (χ1n) is 7.23. The van der Waals surface area contributed by atoms with Gasteiger partial charge < -0.3 is 10.6 Å². The van der Waals surface area contributed by atoms with Gasteiger partial charge >= 0.3 is 0 Å². The molecule has 1 saturated carbocycles. The number of nitrogens with one attached hydrogen (secondary N) is 2. The Bertz CT molecular complexity index is 383. The van der Waals surface area contributed by atoms with Crippen molar-refractivity contribution in [3.8, 4) is 0 Å². The molecule has 0 bridgehead atoms. The molecular formula is C15H24N2OS. The number of carbonyl (C=O) groups excluding carboxylic acids is 1. The van der Waals surface area contributed by atoms with Gasteiger partial charge in [-0.1, -0.05) is 18.9 Å². The van der Waals surface area contributed by atoms with E-state index in [1.165, 1.54) is 30.6 Å². The third kappa shape index (κ3) is 4.32. The fourth-order valence-corrected chi connectivity index (χ4v) is 3.73. The van der Waals surface area contributed by atoms with E-state index in [2.05, 4.69) is 28.1 Å². The van der Waals surface area contributed by atoms with Gasteiger partial charge in [-0.05, 0) is 44.1 Å². The van der Waals surface area contributed by atoms with Crippen LogP contribution in [-0.4, -0.2) is 18.5 Å². The average molecular weight is 280 g/mol. The van der Waals surface area contributed by atoms with Crippen molar-refractivity contribution in [2.75, 3.05) is 6.54 Å². The number of amides is 1. The number of thiophene rings is 1. The van der Waals surface area contributed by atoms with E-state index in [9.17, 15) is 4.79 Å². The highest BCUT2D eigenvalue weighted by Gasteiger charge is 2.27.